The predicted octanol–water partition coefficient (Wildman–Crippen LogP) is 3.10. The van der Waals surface area contributed by atoms with Gasteiger partial charge in [-0.05, 0) is 36.2 Å². The summed E-state index contributed by atoms with van der Waals surface area (Å²) < 4.78 is 16.4. The Morgan fingerprint density at radius 3 is 2.63 bits per heavy atom. The summed E-state index contributed by atoms with van der Waals surface area (Å²) in [4.78, 5) is 14.9. The van der Waals surface area contributed by atoms with Crippen molar-refractivity contribution >= 4 is 11.6 Å². The van der Waals surface area contributed by atoms with Gasteiger partial charge in [0.15, 0.2) is 11.5 Å². The molecule has 0 saturated heterocycles. The third-order valence-electron chi connectivity index (χ3n) is 5.45. The normalized spacial score (nSPS) is 19.7. The number of ether oxygens (including phenoxy) is 3. The number of hydrogen-bond acceptors (Lipinski definition) is 5. The molecule has 1 atom stereocenters. The van der Waals surface area contributed by atoms with E-state index in [0.717, 1.165) is 45.3 Å². The maximum Gasteiger partial charge on any atom is 0.252 e. The highest BCUT2D eigenvalue weighted by molar-refractivity contribution is 6.01. The molecule has 3 heterocycles. The first-order valence-corrected chi connectivity index (χ1v) is 9.06. The molecule has 0 radical (unpaired) electrons. The largest absolute Gasteiger partial charge is 0.497 e. The predicted molar refractivity (Wildman–Crippen MR) is 100 cm³/mol. The van der Waals surface area contributed by atoms with E-state index in [9.17, 15) is 4.79 Å². The van der Waals surface area contributed by atoms with Crippen LogP contribution in [0.1, 0.15) is 24.0 Å². The Hall–Kier alpha value is -3.15. The lowest BCUT2D eigenvalue weighted by Gasteiger charge is -2.28. The number of nitrogens with one attached hydrogen (secondary N) is 1. The molecule has 0 fully saturated rings. The standard InChI is InChI=1S/C21H20N2O4/c1-3-23-10-16-20(21(23)24)19(12-4-6-13(25-2)7-5-12)14-8-17-18(27-11-26-17)9-15(14)22-16/h4-9,19,22H,3,10-11H2,1-2H3. The quantitative estimate of drug-likeness (QED) is 0.907. The molecule has 6 nitrogen and oxygen atoms in total. The summed E-state index contributed by atoms with van der Waals surface area (Å²) in [7, 11) is 1.65. The van der Waals surface area contributed by atoms with Crippen molar-refractivity contribution in [3.05, 3.63) is 58.8 Å². The van der Waals surface area contributed by atoms with Gasteiger partial charge in [0, 0.05) is 29.9 Å². The van der Waals surface area contributed by atoms with Crippen molar-refractivity contribution in [1.82, 2.24) is 4.90 Å². The van der Waals surface area contributed by atoms with Crippen LogP contribution < -0.4 is 19.5 Å². The topological polar surface area (TPSA) is 60.0 Å². The lowest BCUT2D eigenvalue weighted by Crippen LogP contribution is -2.28. The molecule has 0 aromatic heterocycles. The second-order valence-corrected chi connectivity index (χ2v) is 6.84. The van der Waals surface area contributed by atoms with Crippen LogP contribution in [0.5, 0.6) is 17.2 Å². The number of benzene rings is 2. The number of likely N-dealkylation sites (N-methyl/N-ethyl adjacent to an activating group) is 1. The van der Waals surface area contributed by atoms with Crippen molar-refractivity contribution in [3.8, 4) is 17.2 Å². The van der Waals surface area contributed by atoms with E-state index in [4.69, 9.17) is 14.2 Å². The highest BCUT2D eigenvalue weighted by Crippen LogP contribution is 2.49. The fourth-order valence-corrected chi connectivity index (χ4v) is 4.07. The van der Waals surface area contributed by atoms with Gasteiger partial charge < -0.3 is 24.4 Å². The summed E-state index contributed by atoms with van der Waals surface area (Å²) in [6.07, 6.45) is 0. The van der Waals surface area contributed by atoms with Crippen molar-refractivity contribution < 1.29 is 19.0 Å². The van der Waals surface area contributed by atoms with Gasteiger partial charge in [0.1, 0.15) is 5.75 Å². The van der Waals surface area contributed by atoms with E-state index in [2.05, 4.69) is 5.32 Å². The first-order chi connectivity index (χ1) is 13.2. The number of carbonyl (C=O) groups is 1. The molecule has 0 saturated carbocycles. The summed E-state index contributed by atoms with van der Waals surface area (Å²) in [6.45, 7) is 3.51. The molecular formula is C21H20N2O4. The Bertz CT molecular complexity index is 965. The molecule has 5 rings (SSSR count). The summed E-state index contributed by atoms with van der Waals surface area (Å²) in [5, 5.41) is 3.46. The first-order valence-electron chi connectivity index (χ1n) is 9.06. The van der Waals surface area contributed by atoms with E-state index in [1.54, 1.807) is 7.11 Å². The number of rotatable bonds is 3. The van der Waals surface area contributed by atoms with E-state index in [1.807, 2.05) is 48.2 Å². The number of nitrogens with zero attached hydrogens (tertiary/aromatic N) is 1. The van der Waals surface area contributed by atoms with Gasteiger partial charge in [0.25, 0.3) is 5.91 Å². The molecule has 3 aliphatic heterocycles. The smallest absolute Gasteiger partial charge is 0.252 e. The van der Waals surface area contributed by atoms with Crippen molar-refractivity contribution in [3.63, 3.8) is 0 Å². The zero-order chi connectivity index (χ0) is 18.5. The molecule has 2 aromatic rings. The van der Waals surface area contributed by atoms with Crippen LogP contribution in [-0.2, 0) is 4.79 Å². The Morgan fingerprint density at radius 1 is 1.19 bits per heavy atom. The SMILES string of the molecule is CCN1CC2=C(C1=O)C(c1ccc(OC)cc1)c1cc3c(cc1N2)OCO3. The minimum absolute atomic E-state index is 0.0872. The fourth-order valence-electron chi connectivity index (χ4n) is 4.07. The maximum absolute atomic E-state index is 13.1. The number of anilines is 1. The van der Waals surface area contributed by atoms with E-state index in [1.165, 1.54) is 0 Å². The van der Waals surface area contributed by atoms with Crippen LogP contribution in [0.4, 0.5) is 5.69 Å². The summed E-state index contributed by atoms with van der Waals surface area (Å²) in [5.41, 5.74) is 4.82. The van der Waals surface area contributed by atoms with Gasteiger partial charge in [-0.3, -0.25) is 4.79 Å². The van der Waals surface area contributed by atoms with Crippen LogP contribution in [0.15, 0.2) is 47.7 Å². The summed E-state index contributed by atoms with van der Waals surface area (Å²) in [5.74, 6) is 2.18. The highest BCUT2D eigenvalue weighted by Gasteiger charge is 2.41. The molecule has 0 aliphatic carbocycles. The van der Waals surface area contributed by atoms with E-state index >= 15 is 0 Å². The Balaban J connectivity index is 1.68. The van der Waals surface area contributed by atoms with Gasteiger partial charge >= 0.3 is 0 Å². The molecular weight excluding hydrogens is 344 g/mol. The summed E-state index contributed by atoms with van der Waals surface area (Å²) in [6, 6.07) is 11.9. The monoisotopic (exact) mass is 364 g/mol. The minimum Gasteiger partial charge on any atom is -0.497 e. The van der Waals surface area contributed by atoms with E-state index in [-0.39, 0.29) is 18.6 Å². The molecule has 0 spiro atoms. The molecule has 1 N–H and O–H groups in total. The number of amides is 1. The average molecular weight is 364 g/mol. The average Bonchev–Trinajstić information content (AvgIpc) is 3.28. The van der Waals surface area contributed by atoms with Crippen molar-refractivity contribution in [2.45, 2.75) is 12.8 Å². The van der Waals surface area contributed by atoms with Gasteiger partial charge in [-0.2, -0.15) is 0 Å². The Morgan fingerprint density at radius 2 is 1.93 bits per heavy atom. The Labute approximate surface area is 157 Å². The Kier molecular flexibility index (Phi) is 3.53. The maximum atomic E-state index is 13.1. The van der Waals surface area contributed by atoms with Gasteiger partial charge in [-0.15, -0.1) is 0 Å². The van der Waals surface area contributed by atoms with Crippen molar-refractivity contribution in [2.75, 3.05) is 32.3 Å². The molecule has 27 heavy (non-hydrogen) atoms. The molecule has 138 valence electrons. The fraction of sp³-hybridized carbons (Fsp3) is 0.286. The zero-order valence-electron chi connectivity index (χ0n) is 15.2. The first kappa shape index (κ1) is 16.1. The minimum atomic E-state index is -0.152. The second kappa shape index (κ2) is 5.94. The molecule has 1 amide bonds. The van der Waals surface area contributed by atoms with Gasteiger partial charge in [0.2, 0.25) is 6.79 Å². The molecule has 3 aliphatic rings. The number of hydrogen-bond donors (Lipinski definition) is 1. The van der Waals surface area contributed by atoms with Crippen LogP contribution in [0.3, 0.4) is 0 Å². The zero-order valence-corrected chi connectivity index (χ0v) is 15.2. The highest BCUT2D eigenvalue weighted by atomic mass is 16.7. The lowest BCUT2D eigenvalue weighted by molar-refractivity contribution is -0.125. The lowest BCUT2D eigenvalue weighted by atomic mass is 9.81. The van der Waals surface area contributed by atoms with Crippen LogP contribution in [0.2, 0.25) is 0 Å². The second-order valence-electron chi connectivity index (χ2n) is 6.84. The summed E-state index contributed by atoms with van der Waals surface area (Å²) >= 11 is 0. The third-order valence-corrected chi connectivity index (χ3v) is 5.45. The molecule has 2 aromatic carbocycles. The van der Waals surface area contributed by atoms with Crippen LogP contribution in [0.25, 0.3) is 0 Å². The number of carbonyl (C=O) groups excluding carboxylic acids is 1. The molecule has 1 unspecified atom stereocenters. The number of fused-ring (bicyclic) bond motifs is 2. The number of methoxy groups -OCH3 is 1. The van der Waals surface area contributed by atoms with E-state index in [0.29, 0.717) is 13.1 Å². The van der Waals surface area contributed by atoms with Gasteiger partial charge in [-0.1, -0.05) is 12.1 Å². The van der Waals surface area contributed by atoms with E-state index < -0.39 is 0 Å². The van der Waals surface area contributed by atoms with Crippen LogP contribution in [0, 0.1) is 0 Å². The third kappa shape index (κ3) is 2.36. The van der Waals surface area contributed by atoms with Crippen LogP contribution in [-0.4, -0.2) is 37.8 Å². The van der Waals surface area contributed by atoms with Crippen LogP contribution >= 0.6 is 0 Å². The van der Waals surface area contributed by atoms with Crippen molar-refractivity contribution in [2.24, 2.45) is 0 Å². The van der Waals surface area contributed by atoms with Gasteiger partial charge in [0.05, 0.1) is 19.2 Å². The van der Waals surface area contributed by atoms with Gasteiger partial charge in [-0.25, -0.2) is 0 Å². The van der Waals surface area contributed by atoms with Crippen molar-refractivity contribution in [1.29, 1.82) is 0 Å². The molecule has 6 heteroatoms. The molecule has 0 bridgehead atoms.